The SMILES string of the molecule is COc1ccc(OC(=O)C(C(=O)Oc2ccc(OC)cc2)[C@H](NC=O)c2cccs2)cc1. The minimum atomic E-state index is -1.46. The molecule has 1 atom stereocenters. The number of thiophene rings is 1. The van der Waals surface area contributed by atoms with E-state index >= 15 is 0 Å². The Morgan fingerprint density at radius 2 is 1.28 bits per heavy atom. The maximum atomic E-state index is 13.1. The molecule has 0 saturated carbocycles. The summed E-state index contributed by atoms with van der Waals surface area (Å²) in [7, 11) is 3.03. The Balaban J connectivity index is 1.88. The molecule has 0 aliphatic heterocycles. The first-order chi connectivity index (χ1) is 15.5. The molecule has 8 nitrogen and oxygen atoms in total. The van der Waals surface area contributed by atoms with Crippen molar-refractivity contribution in [2.24, 2.45) is 5.92 Å². The number of nitrogens with one attached hydrogen (secondary N) is 1. The molecular weight excluding hydrogens is 434 g/mol. The number of benzene rings is 2. The summed E-state index contributed by atoms with van der Waals surface area (Å²) < 4.78 is 21.0. The van der Waals surface area contributed by atoms with Crippen molar-refractivity contribution in [2.45, 2.75) is 6.04 Å². The molecule has 1 N–H and O–H groups in total. The molecule has 2 aromatic carbocycles. The van der Waals surface area contributed by atoms with Crippen LogP contribution in [-0.4, -0.2) is 32.6 Å². The summed E-state index contributed by atoms with van der Waals surface area (Å²) in [5, 5.41) is 4.32. The molecule has 0 fully saturated rings. The highest BCUT2D eigenvalue weighted by atomic mass is 32.1. The average molecular weight is 455 g/mol. The van der Waals surface area contributed by atoms with Crippen LogP contribution in [0.3, 0.4) is 0 Å². The number of hydrogen-bond donors (Lipinski definition) is 1. The third-order valence-corrected chi connectivity index (χ3v) is 5.45. The largest absolute Gasteiger partial charge is 0.497 e. The molecule has 3 aromatic rings. The Morgan fingerprint density at radius 3 is 1.66 bits per heavy atom. The highest BCUT2D eigenvalue weighted by molar-refractivity contribution is 7.10. The van der Waals surface area contributed by atoms with Crippen LogP contribution in [0.4, 0.5) is 0 Å². The zero-order valence-corrected chi connectivity index (χ0v) is 18.2. The van der Waals surface area contributed by atoms with E-state index in [4.69, 9.17) is 18.9 Å². The molecule has 0 unspecified atom stereocenters. The van der Waals surface area contributed by atoms with Gasteiger partial charge in [0.15, 0.2) is 5.92 Å². The molecule has 0 aliphatic carbocycles. The van der Waals surface area contributed by atoms with Crippen molar-refractivity contribution in [2.75, 3.05) is 14.2 Å². The van der Waals surface area contributed by atoms with Crippen molar-refractivity contribution in [3.8, 4) is 23.0 Å². The van der Waals surface area contributed by atoms with Crippen molar-refractivity contribution in [1.29, 1.82) is 0 Å². The molecule has 9 heteroatoms. The van der Waals surface area contributed by atoms with Gasteiger partial charge in [-0.3, -0.25) is 14.4 Å². The third kappa shape index (κ3) is 5.64. The van der Waals surface area contributed by atoms with E-state index in [1.54, 1.807) is 41.8 Å². The van der Waals surface area contributed by atoms with Gasteiger partial charge in [-0.1, -0.05) is 6.07 Å². The van der Waals surface area contributed by atoms with Gasteiger partial charge < -0.3 is 24.3 Å². The Labute approximate surface area is 188 Å². The average Bonchev–Trinajstić information content (AvgIpc) is 3.34. The molecule has 1 amide bonds. The fourth-order valence-electron chi connectivity index (χ4n) is 2.90. The number of carbonyl (C=O) groups excluding carboxylic acids is 3. The summed E-state index contributed by atoms with van der Waals surface area (Å²) in [6, 6.07) is 15.1. The van der Waals surface area contributed by atoms with Crippen molar-refractivity contribution < 1.29 is 33.3 Å². The molecule has 0 aliphatic rings. The Bertz CT molecular complexity index is 972. The molecule has 32 heavy (non-hydrogen) atoms. The summed E-state index contributed by atoms with van der Waals surface area (Å²) in [5.74, 6) is -1.60. The predicted octanol–water partition coefficient (Wildman–Crippen LogP) is 3.38. The van der Waals surface area contributed by atoms with Gasteiger partial charge in [0.1, 0.15) is 23.0 Å². The van der Waals surface area contributed by atoms with Gasteiger partial charge in [-0.15, -0.1) is 11.3 Å². The van der Waals surface area contributed by atoms with E-state index in [2.05, 4.69) is 5.32 Å². The summed E-state index contributed by atoms with van der Waals surface area (Å²) in [6.45, 7) is 0. The molecular formula is C23H21NO7S. The lowest BCUT2D eigenvalue weighted by Gasteiger charge is -2.23. The summed E-state index contributed by atoms with van der Waals surface area (Å²) >= 11 is 1.29. The lowest BCUT2D eigenvalue weighted by atomic mass is 9.98. The molecule has 0 saturated heterocycles. The van der Waals surface area contributed by atoms with Gasteiger partial charge in [-0.2, -0.15) is 0 Å². The van der Waals surface area contributed by atoms with Crippen LogP contribution in [0.15, 0.2) is 66.0 Å². The summed E-state index contributed by atoms with van der Waals surface area (Å²) in [5.41, 5.74) is 0. The number of amides is 1. The van der Waals surface area contributed by atoms with Crippen LogP contribution in [0.5, 0.6) is 23.0 Å². The van der Waals surface area contributed by atoms with Gasteiger partial charge in [-0.25, -0.2) is 0 Å². The van der Waals surface area contributed by atoms with Gasteiger partial charge >= 0.3 is 11.9 Å². The third-order valence-electron chi connectivity index (χ3n) is 4.49. The number of rotatable bonds is 10. The monoisotopic (exact) mass is 455 g/mol. The molecule has 166 valence electrons. The smallest absolute Gasteiger partial charge is 0.328 e. The van der Waals surface area contributed by atoms with E-state index < -0.39 is 23.9 Å². The quantitative estimate of drug-likeness (QED) is 0.216. The first kappa shape index (κ1) is 22.8. The number of ether oxygens (including phenoxy) is 4. The number of esters is 2. The predicted molar refractivity (Wildman–Crippen MR) is 117 cm³/mol. The zero-order chi connectivity index (χ0) is 22.9. The standard InChI is InChI=1S/C23H21NO7S/c1-28-15-5-9-17(10-6-15)30-22(26)20(21(24-14-25)19-4-3-13-32-19)23(27)31-18-11-7-16(29-2)8-12-18/h3-14,20-21H,1-2H3,(H,24,25)/t21-/m1/s1. The van der Waals surface area contributed by atoms with E-state index in [0.717, 1.165) is 0 Å². The van der Waals surface area contributed by atoms with Gasteiger partial charge in [0.2, 0.25) is 6.41 Å². The second kappa shape index (κ2) is 11.0. The molecule has 0 bridgehead atoms. The normalized spacial score (nSPS) is 11.3. The van der Waals surface area contributed by atoms with Gasteiger partial charge in [0, 0.05) is 4.88 Å². The van der Waals surface area contributed by atoms with Crippen molar-refractivity contribution in [3.05, 3.63) is 70.9 Å². The van der Waals surface area contributed by atoms with Crippen LogP contribution in [0.1, 0.15) is 10.9 Å². The van der Waals surface area contributed by atoms with Crippen LogP contribution in [0.25, 0.3) is 0 Å². The molecule has 3 rings (SSSR count). The lowest BCUT2D eigenvalue weighted by Crippen LogP contribution is -2.41. The van der Waals surface area contributed by atoms with E-state index in [0.29, 0.717) is 22.8 Å². The number of carbonyl (C=O) groups is 3. The second-order valence-corrected chi connectivity index (χ2v) is 7.43. The fourth-order valence-corrected chi connectivity index (χ4v) is 3.72. The van der Waals surface area contributed by atoms with Gasteiger partial charge in [0.05, 0.1) is 20.3 Å². The van der Waals surface area contributed by atoms with Crippen LogP contribution >= 0.6 is 11.3 Å². The lowest BCUT2D eigenvalue weighted by molar-refractivity contribution is -0.152. The van der Waals surface area contributed by atoms with Crippen LogP contribution in [0.2, 0.25) is 0 Å². The van der Waals surface area contributed by atoms with Crippen LogP contribution < -0.4 is 24.3 Å². The molecule has 1 aromatic heterocycles. The number of methoxy groups -OCH3 is 2. The minimum absolute atomic E-state index is 0.217. The number of hydrogen-bond acceptors (Lipinski definition) is 8. The maximum Gasteiger partial charge on any atom is 0.328 e. The zero-order valence-electron chi connectivity index (χ0n) is 17.3. The maximum absolute atomic E-state index is 13.1. The minimum Gasteiger partial charge on any atom is -0.497 e. The van der Waals surface area contributed by atoms with Crippen molar-refractivity contribution >= 4 is 29.7 Å². The fraction of sp³-hybridized carbons (Fsp3) is 0.174. The van der Waals surface area contributed by atoms with E-state index in [-0.39, 0.29) is 11.5 Å². The van der Waals surface area contributed by atoms with Crippen LogP contribution in [0, 0.1) is 5.92 Å². The Hall–Kier alpha value is -3.85. The topological polar surface area (TPSA) is 100 Å². The highest BCUT2D eigenvalue weighted by Gasteiger charge is 2.40. The van der Waals surface area contributed by atoms with E-state index in [1.807, 2.05) is 0 Å². The van der Waals surface area contributed by atoms with Crippen LogP contribution in [-0.2, 0) is 14.4 Å². The summed E-state index contributed by atoms with van der Waals surface area (Å²) in [6.07, 6.45) is 0.429. The first-order valence-electron chi connectivity index (χ1n) is 9.50. The Kier molecular flexibility index (Phi) is 7.82. The van der Waals surface area contributed by atoms with E-state index in [1.165, 1.54) is 49.8 Å². The Morgan fingerprint density at radius 1 is 0.812 bits per heavy atom. The first-order valence-corrected chi connectivity index (χ1v) is 10.4. The highest BCUT2D eigenvalue weighted by Crippen LogP contribution is 2.30. The molecule has 0 spiro atoms. The van der Waals surface area contributed by atoms with Crippen molar-refractivity contribution in [1.82, 2.24) is 5.32 Å². The van der Waals surface area contributed by atoms with Gasteiger partial charge in [0.25, 0.3) is 0 Å². The summed E-state index contributed by atoms with van der Waals surface area (Å²) in [4.78, 5) is 38.0. The molecule has 0 radical (unpaired) electrons. The van der Waals surface area contributed by atoms with Gasteiger partial charge in [-0.05, 0) is 60.0 Å². The molecule has 1 heterocycles. The second-order valence-electron chi connectivity index (χ2n) is 6.45. The van der Waals surface area contributed by atoms with Crippen molar-refractivity contribution in [3.63, 3.8) is 0 Å². The van der Waals surface area contributed by atoms with E-state index in [9.17, 15) is 14.4 Å².